The van der Waals surface area contributed by atoms with Crippen LogP contribution in [0, 0.1) is 25.2 Å². The lowest BCUT2D eigenvalue weighted by molar-refractivity contribution is 0.306. The van der Waals surface area contributed by atoms with Crippen molar-refractivity contribution in [1.29, 1.82) is 5.26 Å². The van der Waals surface area contributed by atoms with E-state index in [9.17, 15) is 5.26 Å². The van der Waals surface area contributed by atoms with Crippen molar-refractivity contribution in [2.24, 2.45) is 4.99 Å². The number of hydrogen-bond acceptors (Lipinski definition) is 4. The largest absolute Gasteiger partial charge is 0.488 e. The molecule has 0 fully saturated rings. The minimum absolute atomic E-state index is 0.379. The van der Waals surface area contributed by atoms with Gasteiger partial charge in [-0.25, -0.2) is 4.99 Å². The van der Waals surface area contributed by atoms with Crippen molar-refractivity contribution in [3.8, 4) is 11.8 Å². The standard InChI is InChI=1S/C21H16Cl2N2OS/c1-13-14(2)27-21(19(13)10-24)25-11-16-9-18(23)6-7-20(16)26-12-15-4-3-5-17(22)8-15/h3-9,11H,12H2,1-2H3. The van der Waals surface area contributed by atoms with Crippen LogP contribution in [0.3, 0.4) is 0 Å². The number of hydrogen-bond donors (Lipinski definition) is 0. The van der Waals surface area contributed by atoms with Crippen LogP contribution in [0.4, 0.5) is 5.00 Å². The summed E-state index contributed by atoms with van der Waals surface area (Å²) in [6.45, 7) is 4.30. The quantitative estimate of drug-likeness (QED) is 0.427. The van der Waals surface area contributed by atoms with E-state index in [-0.39, 0.29) is 0 Å². The number of benzene rings is 2. The van der Waals surface area contributed by atoms with E-state index in [1.807, 2.05) is 44.2 Å². The van der Waals surface area contributed by atoms with Crippen molar-refractivity contribution >= 4 is 45.8 Å². The van der Waals surface area contributed by atoms with E-state index < -0.39 is 0 Å². The second-order valence-electron chi connectivity index (χ2n) is 5.93. The van der Waals surface area contributed by atoms with Gasteiger partial charge < -0.3 is 4.74 Å². The number of nitrogens with zero attached hydrogens (tertiary/aromatic N) is 2. The molecule has 0 unspecified atom stereocenters. The van der Waals surface area contributed by atoms with E-state index in [1.165, 1.54) is 11.3 Å². The topological polar surface area (TPSA) is 45.4 Å². The van der Waals surface area contributed by atoms with Gasteiger partial charge in [0.05, 0.1) is 5.56 Å². The fourth-order valence-electron chi connectivity index (χ4n) is 2.50. The number of thiophene rings is 1. The van der Waals surface area contributed by atoms with Crippen LogP contribution in [0.1, 0.15) is 27.1 Å². The molecule has 0 spiro atoms. The first kappa shape index (κ1) is 19.4. The zero-order valence-electron chi connectivity index (χ0n) is 14.8. The molecular weight excluding hydrogens is 399 g/mol. The van der Waals surface area contributed by atoms with Gasteiger partial charge in [0.2, 0.25) is 0 Å². The lowest BCUT2D eigenvalue weighted by atomic mass is 10.2. The molecule has 136 valence electrons. The van der Waals surface area contributed by atoms with Crippen LogP contribution < -0.4 is 4.74 Å². The Morgan fingerprint density at radius 3 is 2.67 bits per heavy atom. The Kier molecular flexibility index (Phi) is 6.18. The second-order valence-corrected chi connectivity index (χ2v) is 8.01. The smallest absolute Gasteiger partial charge is 0.134 e. The van der Waals surface area contributed by atoms with Crippen molar-refractivity contribution in [2.75, 3.05) is 0 Å². The molecule has 0 saturated heterocycles. The van der Waals surface area contributed by atoms with Crippen LogP contribution in [0.2, 0.25) is 10.0 Å². The highest BCUT2D eigenvalue weighted by Crippen LogP contribution is 2.34. The van der Waals surface area contributed by atoms with Crippen molar-refractivity contribution < 1.29 is 4.74 Å². The van der Waals surface area contributed by atoms with E-state index in [0.29, 0.717) is 33.0 Å². The zero-order chi connectivity index (χ0) is 19.4. The molecule has 0 aliphatic heterocycles. The lowest BCUT2D eigenvalue weighted by Crippen LogP contribution is -1.98. The monoisotopic (exact) mass is 414 g/mol. The highest BCUT2D eigenvalue weighted by Gasteiger charge is 2.11. The third-order valence-corrected chi connectivity index (χ3v) is 5.64. The summed E-state index contributed by atoms with van der Waals surface area (Å²) in [6.07, 6.45) is 1.69. The summed E-state index contributed by atoms with van der Waals surface area (Å²) in [5, 5.41) is 11.3. The van der Waals surface area contributed by atoms with E-state index in [1.54, 1.807) is 18.3 Å². The molecule has 3 rings (SSSR count). The number of nitriles is 1. The van der Waals surface area contributed by atoms with Gasteiger partial charge >= 0.3 is 0 Å². The molecule has 0 N–H and O–H groups in total. The molecular formula is C21H16Cl2N2OS. The Morgan fingerprint density at radius 2 is 1.93 bits per heavy atom. The van der Waals surface area contributed by atoms with Gasteiger partial charge in [0.15, 0.2) is 0 Å². The molecule has 6 heteroatoms. The van der Waals surface area contributed by atoms with Crippen LogP contribution in [-0.4, -0.2) is 6.21 Å². The first-order valence-corrected chi connectivity index (χ1v) is 9.76. The molecule has 1 heterocycles. The molecule has 3 aromatic rings. The minimum atomic E-state index is 0.379. The van der Waals surface area contributed by atoms with E-state index in [0.717, 1.165) is 21.6 Å². The fourth-order valence-corrected chi connectivity index (χ4v) is 3.84. The van der Waals surface area contributed by atoms with Crippen molar-refractivity contribution in [3.05, 3.63) is 79.6 Å². The maximum absolute atomic E-state index is 9.37. The first-order valence-electron chi connectivity index (χ1n) is 8.19. The lowest BCUT2D eigenvalue weighted by Gasteiger charge is -2.10. The minimum Gasteiger partial charge on any atom is -0.488 e. The van der Waals surface area contributed by atoms with Crippen molar-refractivity contribution in [1.82, 2.24) is 0 Å². The molecule has 0 aliphatic carbocycles. The Bertz CT molecular complexity index is 1050. The molecule has 0 atom stereocenters. The predicted octanol–water partition coefficient (Wildman–Crippen LogP) is 6.87. The molecule has 1 aromatic heterocycles. The zero-order valence-corrected chi connectivity index (χ0v) is 17.1. The van der Waals surface area contributed by atoms with Gasteiger partial charge in [-0.1, -0.05) is 35.3 Å². The number of aliphatic imine (C=N–C) groups is 1. The fraction of sp³-hybridized carbons (Fsp3) is 0.143. The highest BCUT2D eigenvalue weighted by molar-refractivity contribution is 7.16. The van der Waals surface area contributed by atoms with Gasteiger partial charge in [-0.2, -0.15) is 5.26 Å². The number of aryl methyl sites for hydroxylation is 1. The predicted molar refractivity (Wildman–Crippen MR) is 113 cm³/mol. The summed E-state index contributed by atoms with van der Waals surface area (Å²) in [5.74, 6) is 0.659. The Morgan fingerprint density at radius 1 is 1.15 bits per heavy atom. The van der Waals surface area contributed by atoms with Gasteiger partial charge in [-0.3, -0.25) is 0 Å². The summed E-state index contributed by atoms with van der Waals surface area (Å²) in [6, 6.07) is 15.1. The third kappa shape index (κ3) is 4.70. The number of ether oxygens (including phenoxy) is 1. The average molecular weight is 415 g/mol. The Hall–Kier alpha value is -2.32. The molecule has 0 saturated carbocycles. The van der Waals surface area contributed by atoms with Gasteiger partial charge in [-0.05, 0) is 55.3 Å². The molecule has 2 aromatic carbocycles. The molecule has 0 radical (unpaired) electrons. The first-order chi connectivity index (χ1) is 13.0. The second kappa shape index (κ2) is 8.58. The summed E-state index contributed by atoms with van der Waals surface area (Å²) in [4.78, 5) is 5.60. The molecule has 0 bridgehead atoms. The van der Waals surface area contributed by atoms with Gasteiger partial charge in [-0.15, -0.1) is 11.3 Å². The van der Waals surface area contributed by atoms with Crippen molar-refractivity contribution in [2.45, 2.75) is 20.5 Å². The summed E-state index contributed by atoms with van der Waals surface area (Å²) in [7, 11) is 0. The van der Waals surface area contributed by atoms with Crippen LogP contribution in [0.5, 0.6) is 5.75 Å². The van der Waals surface area contributed by atoms with Crippen LogP contribution in [0.25, 0.3) is 0 Å². The highest BCUT2D eigenvalue weighted by atomic mass is 35.5. The summed E-state index contributed by atoms with van der Waals surface area (Å²) in [5.41, 5.74) is 3.30. The van der Waals surface area contributed by atoms with Gasteiger partial charge in [0.1, 0.15) is 23.4 Å². The maximum Gasteiger partial charge on any atom is 0.134 e. The molecule has 0 aliphatic rings. The Labute approximate surface area is 172 Å². The average Bonchev–Trinajstić information content (AvgIpc) is 2.92. The third-order valence-electron chi connectivity index (χ3n) is 4.05. The number of rotatable bonds is 5. The summed E-state index contributed by atoms with van der Waals surface area (Å²) >= 11 is 13.7. The van der Waals surface area contributed by atoms with Crippen LogP contribution >= 0.6 is 34.5 Å². The Balaban J connectivity index is 1.86. The normalized spacial score (nSPS) is 10.9. The van der Waals surface area contributed by atoms with Gasteiger partial charge in [0, 0.05) is 26.7 Å². The van der Waals surface area contributed by atoms with Crippen LogP contribution in [0.15, 0.2) is 47.5 Å². The summed E-state index contributed by atoms with van der Waals surface area (Å²) < 4.78 is 5.94. The van der Waals surface area contributed by atoms with E-state index in [2.05, 4.69) is 11.1 Å². The maximum atomic E-state index is 9.37. The molecule has 0 amide bonds. The number of halogens is 2. The van der Waals surface area contributed by atoms with Gasteiger partial charge in [0.25, 0.3) is 0 Å². The molecule has 27 heavy (non-hydrogen) atoms. The molecule has 3 nitrogen and oxygen atoms in total. The SMILES string of the molecule is Cc1sc(N=Cc2cc(Cl)ccc2OCc2cccc(Cl)c2)c(C#N)c1C. The van der Waals surface area contributed by atoms with Crippen LogP contribution in [-0.2, 0) is 6.61 Å². The van der Waals surface area contributed by atoms with E-state index in [4.69, 9.17) is 27.9 Å². The van der Waals surface area contributed by atoms with E-state index >= 15 is 0 Å². The van der Waals surface area contributed by atoms with Crippen molar-refractivity contribution in [3.63, 3.8) is 0 Å².